The van der Waals surface area contributed by atoms with Crippen LogP contribution >= 0.6 is 11.8 Å². The molecular weight excluding hydrogens is 216 g/mol. The van der Waals surface area contributed by atoms with Gasteiger partial charge >= 0.3 is 0 Å². The molecule has 0 radical (unpaired) electrons. The first-order valence-electron chi connectivity index (χ1n) is 6.74. The smallest absolute Gasteiger partial charge is 0.0224 e. The first-order valence-corrected chi connectivity index (χ1v) is 8.03. The van der Waals surface area contributed by atoms with Crippen LogP contribution in [0.5, 0.6) is 0 Å². The molecule has 0 aromatic carbocycles. The molecule has 0 bridgehead atoms. The van der Waals surface area contributed by atoms with Crippen molar-refractivity contribution in [2.75, 3.05) is 25.9 Å². The summed E-state index contributed by atoms with van der Waals surface area (Å²) < 4.78 is 0. The van der Waals surface area contributed by atoms with Gasteiger partial charge < -0.3 is 5.32 Å². The Balaban J connectivity index is 1.87. The number of hydrogen-bond donors (Lipinski definition) is 1. The van der Waals surface area contributed by atoms with E-state index in [1.54, 1.807) is 0 Å². The van der Waals surface area contributed by atoms with Crippen molar-refractivity contribution in [3.8, 4) is 0 Å². The predicted molar refractivity (Wildman–Crippen MR) is 73.1 cm³/mol. The highest BCUT2D eigenvalue weighted by Gasteiger charge is 2.36. The van der Waals surface area contributed by atoms with E-state index >= 15 is 0 Å². The molecule has 1 aliphatic heterocycles. The monoisotopic (exact) mass is 242 g/mol. The molecule has 94 valence electrons. The van der Waals surface area contributed by atoms with Gasteiger partial charge in [-0.05, 0) is 31.4 Å². The summed E-state index contributed by atoms with van der Waals surface area (Å²) in [7, 11) is 0. The van der Waals surface area contributed by atoms with Crippen LogP contribution in [0.3, 0.4) is 0 Å². The van der Waals surface area contributed by atoms with E-state index in [0.29, 0.717) is 0 Å². The summed E-state index contributed by atoms with van der Waals surface area (Å²) in [6.07, 6.45) is 6.43. The number of piperazine rings is 1. The Hall–Kier alpha value is 0.270. The van der Waals surface area contributed by atoms with E-state index < -0.39 is 0 Å². The fourth-order valence-electron chi connectivity index (χ4n) is 2.73. The molecule has 1 saturated carbocycles. The normalized spacial score (nSPS) is 33.9. The van der Waals surface area contributed by atoms with Crippen LogP contribution in [0.25, 0.3) is 0 Å². The first-order chi connectivity index (χ1) is 7.74. The molecular formula is C13H26N2S. The molecule has 0 amide bonds. The predicted octanol–water partition coefficient (Wildman–Crippen LogP) is 2.20. The second kappa shape index (κ2) is 5.74. The third kappa shape index (κ3) is 3.14. The van der Waals surface area contributed by atoms with Gasteiger partial charge in [-0.25, -0.2) is 0 Å². The third-order valence-electron chi connectivity index (χ3n) is 4.12. The molecule has 1 saturated heterocycles. The maximum Gasteiger partial charge on any atom is 0.0224 e. The minimum absolute atomic E-state index is 0.768. The van der Waals surface area contributed by atoms with Crippen molar-refractivity contribution in [1.82, 2.24) is 10.2 Å². The average Bonchev–Trinajstić information content (AvgIpc) is 3.12. The Morgan fingerprint density at radius 3 is 2.75 bits per heavy atom. The summed E-state index contributed by atoms with van der Waals surface area (Å²) in [5.74, 6) is 0.991. The fourth-order valence-corrected chi connectivity index (χ4v) is 3.07. The van der Waals surface area contributed by atoms with E-state index in [9.17, 15) is 0 Å². The zero-order chi connectivity index (χ0) is 11.5. The molecule has 0 aromatic rings. The fraction of sp³-hybridized carbons (Fsp3) is 1.00. The second-order valence-electron chi connectivity index (χ2n) is 5.41. The highest BCUT2D eigenvalue weighted by molar-refractivity contribution is 7.99. The van der Waals surface area contributed by atoms with Crippen LogP contribution in [0, 0.1) is 5.92 Å². The van der Waals surface area contributed by atoms with Crippen LogP contribution < -0.4 is 5.32 Å². The minimum atomic E-state index is 0.768. The lowest BCUT2D eigenvalue weighted by Crippen LogP contribution is -2.58. The topological polar surface area (TPSA) is 15.3 Å². The Bertz CT molecular complexity index is 218. The van der Waals surface area contributed by atoms with E-state index in [0.717, 1.165) is 23.3 Å². The molecule has 1 heterocycles. The van der Waals surface area contributed by atoms with Gasteiger partial charge in [0.1, 0.15) is 0 Å². The van der Waals surface area contributed by atoms with Gasteiger partial charge in [0.25, 0.3) is 0 Å². The van der Waals surface area contributed by atoms with Gasteiger partial charge in [0.2, 0.25) is 0 Å². The van der Waals surface area contributed by atoms with Gasteiger partial charge in [-0.15, -0.1) is 0 Å². The van der Waals surface area contributed by atoms with E-state index in [1.165, 1.54) is 38.9 Å². The van der Waals surface area contributed by atoms with Crippen molar-refractivity contribution in [3.63, 3.8) is 0 Å². The van der Waals surface area contributed by atoms with Crippen molar-refractivity contribution in [2.24, 2.45) is 5.92 Å². The third-order valence-corrected chi connectivity index (χ3v) is 5.07. The molecule has 16 heavy (non-hydrogen) atoms. The van der Waals surface area contributed by atoms with Crippen molar-refractivity contribution in [3.05, 3.63) is 0 Å². The first kappa shape index (κ1) is 12.7. The quantitative estimate of drug-likeness (QED) is 0.796. The van der Waals surface area contributed by atoms with E-state index in [1.807, 2.05) is 11.8 Å². The van der Waals surface area contributed by atoms with Gasteiger partial charge in [-0.2, -0.15) is 11.8 Å². The maximum absolute atomic E-state index is 3.75. The number of nitrogens with zero attached hydrogens (tertiary/aromatic N) is 1. The zero-order valence-electron chi connectivity index (χ0n) is 10.9. The number of rotatable bonds is 5. The second-order valence-corrected chi connectivity index (χ2v) is 6.69. The van der Waals surface area contributed by atoms with Crippen LogP contribution in [-0.4, -0.2) is 48.1 Å². The Morgan fingerprint density at radius 1 is 1.44 bits per heavy atom. The van der Waals surface area contributed by atoms with Crippen LogP contribution in [0.2, 0.25) is 0 Å². The highest BCUT2D eigenvalue weighted by Crippen LogP contribution is 2.34. The molecule has 0 spiro atoms. The summed E-state index contributed by atoms with van der Waals surface area (Å²) in [5, 5.41) is 4.53. The number of thioether (sulfide) groups is 1. The lowest BCUT2D eigenvalue weighted by Gasteiger charge is -2.41. The number of nitrogens with one attached hydrogen (secondary N) is 1. The average molecular weight is 242 g/mol. The summed E-state index contributed by atoms with van der Waals surface area (Å²) >= 11 is 1.99. The molecule has 3 heteroatoms. The molecule has 3 atom stereocenters. The molecule has 2 rings (SSSR count). The summed E-state index contributed by atoms with van der Waals surface area (Å²) in [4.78, 5) is 2.74. The molecule has 2 fully saturated rings. The maximum atomic E-state index is 3.75. The van der Waals surface area contributed by atoms with Crippen LogP contribution in [0.15, 0.2) is 0 Å². The molecule has 2 aliphatic rings. The SMILES string of the molecule is CCC1CNC(C2CC2)CN1CC(C)SC. The zero-order valence-corrected chi connectivity index (χ0v) is 11.7. The molecule has 2 nitrogen and oxygen atoms in total. The lowest BCUT2D eigenvalue weighted by molar-refractivity contribution is 0.121. The van der Waals surface area contributed by atoms with E-state index in [-0.39, 0.29) is 0 Å². The Labute approximate surface area is 105 Å². The van der Waals surface area contributed by atoms with Gasteiger partial charge in [0.05, 0.1) is 0 Å². The molecule has 1 N–H and O–H groups in total. The van der Waals surface area contributed by atoms with Gasteiger partial charge in [-0.1, -0.05) is 13.8 Å². The highest BCUT2D eigenvalue weighted by atomic mass is 32.2. The largest absolute Gasteiger partial charge is 0.311 e. The van der Waals surface area contributed by atoms with E-state index in [4.69, 9.17) is 0 Å². The van der Waals surface area contributed by atoms with Crippen molar-refractivity contribution < 1.29 is 0 Å². The van der Waals surface area contributed by atoms with Crippen LogP contribution in [-0.2, 0) is 0 Å². The van der Waals surface area contributed by atoms with Gasteiger partial charge in [0.15, 0.2) is 0 Å². The van der Waals surface area contributed by atoms with Crippen molar-refractivity contribution in [2.45, 2.75) is 50.4 Å². The summed E-state index contributed by atoms with van der Waals surface area (Å²) in [6, 6.07) is 1.56. The van der Waals surface area contributed by atoms with Gasteiger partial charge in [0, 0.05) is 37.0 Å². The van der Waals surface area contributed by atoms with Crippen LogP contribution in [0.4, 0.5) is 0 Å². The number of hydrogen-bond acceptors (Lipinski definition) is 3. The van der Waals surface area contributed by atoms with E-state index in [2.05, 4.69) is 30.3 Å². The summed E-state index contributed by atoms with van der Waals surface area (Å²) in [5.41, 5.74) is 0. The van der Waals surface area contributed by atoms with Gasteiger partial charge in [-0.3, -0.25) is 4.90 Å². The van der Waals surface area contributed by atoms with Crippen LogP contribution in [0.1, 0.15) is 33.1 Å². The minimum Gasteiger partial charge on any atom is -0.311 e. The summed E-state index contributed by atoms with van der Waals surface area (Å²) in [6.45, 7) is 8.43. The molecule has 3 unspecified atom stereocenters. The Morgan fingerprint density at radius 2 is 2.19 bits per heavy atom. The van der Waals surface area contributed by atoms with Crippen molar-refractivity contribution in [1.29, 1.82) is 0 Å². The standard InChI is InChI=1S/C13H26N2S/c1-4-12-7-14-13(11-5-6-11)9-15(12)8-10(2)16-3/h10-14H,4-9H2,1-3H3. The lowest BCUT2D eigenvalue weighted by atomic mass is 10.0. The molecule has 1 aliphatic carbocycles. The Kier molecular flexibility index (Phi) is 4.57. The van der Waals surface area contributed by atoms with Crippen molar-refractivity contribution >= 4 is 11.8 Å². The molecule has 0 aromatic heterocycles.